The summed E-state index contributed by atoms with van der Waals surface area (Å²) in [5, 5.41) is 0. The van der Waals surface area contributed by atoms with Crippen molar-refractivity contribution in [2.45, 2.75) is 413 Å². The second kappa shape index (κ2) is 50.8. The van der Waals surface area contributed by atoms with Crippen molar-refractivity contribution < 1.29 is 80.2 Å². The van der Waals surface area contributed by atoms with Gasteiger partial charge in [0.15, 0.2) is 93.1 Å². The zero-order valence-corrected chi connectivity index (χ0v) is 86.3. The van der Waals surface area contributed by atoms with E-state index in [0.717, 1.165) is 185 Å². The van der Waals surface area contributed by atoms with E-state index in [0.29, 0.717) is 89.0 Å². The molecule has 0 N–H and O–H groups in total. The SMILES string of the molecule is Cc1cc(C)c(C2CCC(C)CC2)c(F)c1F.Cc1ccc(C)c(F)c1F.Cc1ccc(C2CCC(C3CC3)CC2)c(F)c1F.Cc1ccc(C2CCC(C3CC3)CC2)c(F)c1F.Cc1ccc(C2CCC(C3CCC3)CC2)c(F)c1F.Cc1ccc(C2CCC(C3CCC3)CC2)c(F)c1F.Cc1ccc(C2CCC(C3CCCC3)CC2)c(F)c1F.Cc1ccc(C2CCC(C3CCCC3)CC2)c(F)c1F.[HH].[HH].[HH].[HH].[HH].[HH].[HH]. The zero-order chi connectivity index (χ0) is 101. The van der Waals surface area contributed by atoms with E-state index in [-0.39, 0.29) is 51.4 Å². The smallest absolute Gasteiger partial charge is 0.162 e. The number of hydrogen-bond acceptors (Lipinski definition) is 0. The van der Waals surface area contributed by atoms with Gasteiger partial charge >= 0.3 is 0 Å². The Hall–Kier alpha value is -7.36. The van der Waals surface area contributed by atoms with Crippen molar-refractivity contribution in [1.82, 2.24) is 0 Å². The monoisotopic (exact) mass is 1980 g/mol. The summed E-state index contributed by atoms with van der Waals surface area (Å²) in [6.07, 6.45) is 56.0. The molecule has 13 saturated carbocycles. The lowest BCUT2D eigenvalue weighted by Crippen LogP contribution is -2.26. The Morgan fingerprint density at radius 3 is 0.475 bits per heavy atom. The molecular formula is C125H174F16. The highest BCUT2D eigenvalue weighted by atomic mass is 19.2. The third kappa shape index (κ3) is 27.7. The highest BCUT2D eigenvalue weighted by Crippen LogP contribution is 2.54. The molecule has 0 unspecified atom stereocenters. The van der Waals surface area contributed by atoms with Gasteiger partial charge < -0.3 is 0 Å². The van der Waals surface area contributed by atoms with Crippen LogP contribution in [0.2, 0.25) is 0 Å². The fourth-order valence-corrected chi connectivity index (χ4v) is 26.8. The van der Waals surface area contributed by atoms with Gasteiger partial charge in [-0.15, -0.1) is 0 Å². The maximum atomic E-state index is 14.1. The van der Waals surface area contributed by atoms with Gasteiger partial charge in [-0.25, -0.2) is 70.2 Å². The van der Waals surface area contributed by atoms with Gasteiger partial charge in [0.2, 0.25) is 0 Å². The van der Waals surface area contributed by atoms with Crippen LogP contribution in [0.4, 0.5) is 70.2 Å². The molecule has 13 aliphatic carbocycles. The highest BCUT2D eigenvalue weighted by molar-refractivity contribution is 5.38. The van der Waals surface area contributed by atoms with Gasteiger partial charge in [-0.2, -0.15) is 0 Å². The molecule has 21 rings (SSSR count). The number of hydrogen-bond donors (Lipinski definition) is 0. The standard InChI is InChI=1S/2C18H24F2.2C17H22F2.2C16H20F2.C15H20F2.C8H8F2.7H2/c2*1-12-6-11-16(18(20)17(12)19)15-9-7-14(8-10-15)13-4-2-3-5-13;2*1-11-5-10-15(17(19)16(11)18)14-8-6-13(7-9-14)12-3-2-4-12;2*1-10-2-9-14(16(18)15(10)17)13-7-5-12(6-8-13)11-3-4-11;1-9-4-6-12(7-5-9)13-10(2)8-11(3)14(16)15(13)17;1-5-3-4-6(2)8(10)7(5)9;;;;;;;/h2*6,11,13-15H,2-5,7-10H2,1H3;2*5,10,12-14H,2-4,6-9H2,1H3;2*2,9,11-13H,3-8H2,1H3;8-9,12H,4-7H2,1-3H3;3-4H,1-2H3;7*1H. The van der Waals surface area contributed by atoms with Crippen molar-refractivity contribution in [2.24, 2.45) is 76.9 Å². The van der Waals surface area contributed by atoms with Gasteiger partial charge in [-0.05, 0) is 475 Å². The lowest BCUT2D eigenvalue weighted by molar-refractivity contribution is 0.153. The van der Waals surface area contributed by atoms with Crippen molar-refractivity contribution >= 4 is 0 Å². The third-order valence-electron chi connectivity index (χ3n) is 37.0. The molecule has 0 aliphatic heterocycles. The molecule has 16 heteroatoms. The molecule has 8 aromatic carbocycles. The van der Waals surface area contributed by atoms with E-state index >= 15 is 0 Å². The zero-order valence-electron chi connectivity index (χ0n) is 86.3. The second-order valence-corrected chi connectivity index (χ2v) is 46.3. The first-order valence-electron chi connectivity index (χ1n) is 55.2. The average molecular weight is 1980 g/mol. The molecule has 0 amide bonds. The van der Waals surface area contributed by atoms with E-state index in [1.165, 1.54) is 206 Å². The predicted octanol–water partition coefficient (Wildman–Crippen LogP) is 41.3. The van der Waals surface area contributed by atoms with Crippen LogP contribution in [-0.4, -0.2) is 0 Å². The Labute approximate surface area is 844 Å². The normalized spacial score (nSPS) is 26.5. The fraction of sp³-hybridized carbons (Fsp3) is 0.616. The minimum absolute atomic E-state index is 0. The first kappa shape index (κ1) is 109. The molecule has 13 aliphatic rings. The molecule has 0 aromatic heterocycles. The van der Waals surface area contributed by atoms with Crippen LogP contribution in [0.15, 0.2) is 91.0 Å². The molecule has 13 fully saturated rings. The Balaban J connectivity index is 0.000000228. The van der Waals surface area contributed by atoms with Crippen LogP contribution in [-0.2, 0) is 0 Å². The van der Waals surface area contributed by atoms with Crippen LogP contribution in [0.1, 0.15) is 448 Å². The van der Waals surface area contributed by atoms with Crippen LogP contribution in [0.25, 0.3) is 0 Å². The number of aryl methyl sites for hydroxylation is 10. The van der Waals surface area contributed by atoms with E-state index in [1.54, 1.807) is 139 Å². The first-order valence-corrected chi connectivity index (χ1v) is 55.2. The number of halogens is 16. The molecule has 8 aromatic rings. The van der Waals surface area contributed by atoms with Crippen LogP contribution in [0, 0.1) is 239 Å². The van der Waals surface area contributed by atoms with Gasteiger partial charge in [0.25, 0.3) is 0 Å². The van der Waals surface area contributed by atoms with Gasteiger partial charge in [-0.3, -0.25) is 0 Å². The molecular weight excluding hydrogens is 1810 g/mol. The Morgan fingerprint density at radius 2 is 0.298 bits per heavy atom. The van der Waals surface area contributed by atoms with E-state index in [9.17, 15) is 70.2 Å². The first-order chi connectivity index (χ1) is 67.6. The van der Waals surface area contributed by atoms with Gasteiger partial charge in [0.05, 0.1) is 0 Å². The number of rotatable bonds is 13. The van der Waals surface area contributed by atoms with E-state index < -0.39 is 93.1 Å². The van der Waals surface area contributed by atoms with Crippen molar-refractivity contribution in [3.63, 3.8) is 0 Å². The average Bonchev–Trinajstić information content (AvgIpc) is 1.24. The predicted molar refractivity (Wildman–Crippen MR) is 556 cm³/mol. The summed E-state index contributed by atoms with van der Waals surface area (Å²) >= 11 is 0. The maximum Gasteiger partial charge on any atom is 0.162 e. The minimum atomic E-state index is -0.736. The Bertz CT molecular complexity index is 5120. The summed E-state index contributed by atoms with van der Waals surface area (Å²) in [7, 11) is 0. The second-order valence-electron chi connectivity index (χ2n) is 46.3. The molecule has 0 saturated heterocycles. The largest absolute Gasteiger partial charge is 0.203 e. The molecule has 0 nitrogen and oxygen atoms in total. The van der Waals surface area contributed by atoms with Crippen LogP contribution < -0.4 is 0 Å². The lowest BCUT2D eigenvalue weighted by Gasteiger charge is -2.38. The summed E-state index contributed by atoms with van der Waals surface area (Å²) in [5.41, 5.74) is 8.72. The fourth-order valence-electron chi connectivity index (χ4n) is 26.8. The molecule has 141 heavy (non-hydrogen) atoms. The summed E-state index contributed by atoms with van der Waals surface area (Å²) < 4.78 is 219. The van der Waals surface area contributed by atoms with Gasteiger partial charge in [0, 0.05) is 9.99 Å². The van der Waals surface area contributed by atoms with E-state index in [2.05, 4.69) is 6.92 Å². The summed E-state index contributed by atoms with van der Waals surface area (Å²) in [6, 6.07) is 25.9. The molecule has 0 spiro atoms. The van der Waals surface area contributed by atoms with Crippen LogP contribution >= 0.6 is 0 Å². The van der Waals surface area contributed by atoms with Crippen molar-refractivity contribution in [3.8, 4) is 0 Å². The van der Waals surface area contributed by atoms with Crippen LogP contribution in [0.5, 0.6) is 0 Å². The van der Waals surface area contributed by atoms with Crippen molar-refractivity contribution in [1.29, 1.82) is 0 Å². The highest BCUT2D eigenvalue weighted by Gasteiger charge is 2.41. The Morgan fingerprint density at radius 1 is 0.149 bits per heavy atom. The quantitative estimate of drug-likeness (QED) is 0.101. The van der Waals surface area contributed by atoms with Crippen molar-refractivity contribution in [2.75, 3.05) is 0 Å². The summed E-state index contributed by atoms with van der Waals surface area (Å²) in [6.45, 7) is 18.5. The maximum absolute atomic E-state index is 14.1. The lowest BCUT2D eigenvalue weighted by atomic mass is 9.67. The van der Waals surface area contributed by atoms with E-state index in [1.807, 2.05) is 6.92 Å². The van der Waals surface area contributed by atoms with Gasteiger partial charge in [-0.1, -0.05) is 201 Å². The molecule has 0 radical (unpaired) electrons. The summed E-state index contributed by atoms with van der Waals surface area (Å²) in [4.78, 5) is 0. The van der Waals surface area contributed by atoms with Crippen molar-refractivity contribution in [3.05, 3.63) is 279 Å². The van der Waals surface area contributed by atoms with Gasteiger partial charge in [0.1, 0.15) is 0 Å². The minimum Gasteiger partial charge on any atom is -0.203 e. The number of benzene rings is 8. The summed E-state index contributed by atoms with van der Waals surface area (Å²) in [5.74, 6) is 2.70. The molecule has 0 atom stereocenters. The molecule has 0 heterocycles. The molecule has 0 bridgehead atoms. The topological polar surface area (TPSA) is 0 Å². The van der Waals surface area contributed by atoms with E-state index in [4.69, 9.17) is 0 Å². The molecule has 786 valence electrons. The Kier molecular flexibility index (Phi) is 39.4. The van der Waals surface area contributed by atoms with Crippen LogP contribution in [0.3, 0.4) is 0 Å². The third-order valence-corrected chi connectivity index (χ3v) is 37.0.